The predicted octanol–water partition coefficient (Wildman–Crippen LogP) is 1.36. The number of aryl methyl sites for hydroxylation is 2. The van der Waals surface area contributed by atoms with E-state index in [1.54, 1.807) is 0 Å². The second kappa shape index (κ2) is 4.23. The van der Waals surface area contributed by atoms with Crippen LogP contribution in [0, 0.1) is 6.92 Å². The van der Waals surface area contributed by atoms with Gasteiger partial charge in [0.2, 0.25) is 0 Å². The van der Waals surface area contributed by atoms with Gasteiger partial charge in [0.15, 0.2) is 0 Å². The molecule has 3 N–H and O–H groups in total. The maximum absolute atomic E-state index is 9.11. The van der Waals surface area contributed by atoms with Crippen LogP contribution in [-0.2, 0) is 6.54 Å². The number of imidazole rings is 1. The van der Waals surface area contributed by atoms with Gasteiger partial charge in [0, 0.05) is 6.54 Å². The van der Waals surface area contributed by atoms with E-state index in [9.17, 15) is 0 Å². The van der Waals surface area contributed by atoms with Crippen molar-refractivity contribution in [3.05, 3.63) is 29.6 Å². The second-order valence-corrected chi connectivity index (χ2v) is 4.00. The van der Waals surface area contributed by atoms with E-state index in [1.807, 2.05) is 13.0 Å². The van der Waals surface area contributed by atoms with Crippen LogP contribution in [0.4, 0.5) is 0 Å². The maximum Gasteiger partial charge on any atom is 0.129 e. The van der Waals surface area contributed by atoms with Gasteiger partial charge in [0.05, 0.1) is 23.7 Å². The summed E-state index contributed by atoms with van der Waals surface area (Å²) in [5.41, 5.74) is 9.04. The SMILES string of the molecule is CCn1c(C(N)CO)nc2cc(C)ccc21. The molecule has 4 heteroatoms. The van der Waals surface area contributed by atoms with Gasteiger partial charge in [-0.2, -0.15) is 0 Å². The van der Waals surface area contributed by atoms with Gasteiger partial charge in [-0.3, -0.25) is 0 Å². The zero-order valence-corrected chi connectivity index (χ0v) is 9.64. The summed E-state index contributed by atoms with van der Waals surface area (Å²) >= 11 is 0. The van der Waals surface area contributed by atoms with Crippen molar-refractivity contribution in [2.24, 2.45) is 5.73 Å². The lowest BCUT2D eigenvalue weighted by Crippen LogP contribution is -2.19. The van der Waals surface area contributed by atoms with E-state index in [0.717, 1.165) is 23.4 Å². The minimum absolute atomic E-state index is 0.0810. The van der Waals surface area contributed by atoms with Crippen molar-refractivity contribution in [2.75, 3.05) is 6.61 Å². The molecular weight excluding hydrogens is 202 g/mol. The molecule has 16 heavy (non-hydrogen) atoms. The van der Waals surface area contributed by atoms with Crippen molar-refractivity contribution in [2.45, 2.75) is 26.4 Å². The third-order valence-electron chi connectivity index (χ3n) is 2.78. The third kappa shape index (κ3) is 1.70. The highest BCUT2D eigenvalue weighted by Gasteiger charge is 2.15. The van der Waals surface area contributed by atoms with Crippen LogP contribution >= 0.6 is 0 Å². The monoisotopic (exact) mass is 219 g/mol. The molecule has 1 unspecified atom stereocenters. The highest BCUT2D eigenvalue weighted by atomic mass is 16.3. The van der Waals surface area contributed by atoms with Gasteiger partial charge in [-0.15, -0.1) is 0 Å². The van der Waals surface area contributed by atoms with Gasteiger partial charge in [0.1, 0.15) is 5.82 Å². The summed E-state index contributed by atoms with van der Waals surface area (Å²) in [6, 6.07) is 5.74. The van der Waals surface area contributed by atoms with E-state index >= 15 is 0 Å². The van der Waals surface area contributed by atoms with Crippen molar-refractivity contribution in [3.8, 4) is 0 Å². The molecule has 86 valence electrons. The number of hydrogen-bond donors (Lipinski definition) is 2. The highest BCUT2D eigenvalue weighted by molar-refractivity contribution is 5.77. The largest absolute Gasteiger partial charge is 0.394 e. The van der Waals surface area contributed by atoms with E-state index in [0.29, 0.717) is 0 Å². The van der Waals surface area contributed by atoms with Crippen molar-refractivity contribution in [3.63, 3.8) is 0 Å². The normalized spacial score (nSPS) is 13.2. The Morgan fingerprint density at radius 2 is 2.25 bits per heavy atom. The molecule has 0 radical (unpaired) electrons. The van der Waals surface area contributed by atoms with Crippen LogP contribution in [0.5, 0.6) is 0 Å². The number of benzene rings is 1. The Kier molecular flexibility index (Phi) is 2.94. The lowest BCUT2D eigenvalue weighted by molar-refractivity contribution is 0.261. The first kappa shape index (κ1) is 11.1. The summed E-state index contributed by atoms with van der Waals surface area (Å²) in [7, 11) is 0. The summed E-state index contributed by atoms with van der Waals surface area (Å²) in [5, 5.41) is 9.11. The van der Waals surface area contributed by atoms with Crippen LogP contribution < -0.4 is 5.73 Å². The Bertz CT molecular complexity index is 504. The van der Waals surface area contributed by atoms with Crippen molar-refractivity contribution < 1.29 is 5.11 Å². The number of rotatable bonds is 3. The van der Waals surface area contributed by atoms with Crippen molar-refractivity contribution >= 4 is 11.0 Å². The fraction of sp³-hybridized carbons (Fsp3) is 0.417. The molecule has 1 aromatic heterocycles. The van der Waals surface area contributed by atoms with Crippen LogP contribution in [0.15, 0.2) is 18.2 Å². The third-order valence-corrected chi connectivity index (χ3v) is 2.78. The van der Waals surface area contributed by atoms with Gasteiger partial charge in [-0.25, -0.2) is 4.98 Å². The smallest absolute Gasteiger partial charge is 0.129 e. The Morgan fingerprint density at radius 1 is 1.50 bits per heavy atom. The molecule has 0 aliphatic rings. The molecule has 0 aliphatic heterocycles. The molecule has 0 spiro atoms. The van der Waals surface area contributed by atoms with E-state index in [-0.39, 0.29) is 6.61 Å². The Morgan fingerprint density at radius 3 is 2.88 bits per heavy atom. The van der Waals surface area contributed by atoms with Gasteiger partial charge in [-0.1, -0.05) is 6.07 Å². The molecule has 1 heterocycles. The Balaban J connectivity index is 2.65. The van der Waals surface area contributed by atoms with Gasteiger partial charge < -0.3 is 15.4 Å². The van der Waals surface area contributed by atoms with Crippen molar-refractivity contribution in [1.82, 2.24) is 9.55 Å². The lowest BCUT2D eigenvalue weighted by atomic mass is 10.2. The fourth-order valence-electron chi connectivity index (χ4n) is 1.96. The molecule has 0 saturated heterocycles. The van der Waals surface area contributed by atoms with E-state index in [4.69, 9.17) is 10.8 Å². The Hall–Kier alpha value is -1.39. The van der Waals surface area contributed by atoms with Gasteiger partial charge >= 0.3 is 0 Å². The zero-order valence-electron chi connectivity index (χ0n) is 9.64. The first-order chi connectivity index (χ1) is 7.67. The number of hydrogen-bond acceptors (Lipinski definition) is 3. The minimum Gasteiger partial charge on any atom is -0.394 e. The molecule has 0 amide bonds. The van der Waals surface area contributed by atoms with Crippen molar-refractivity contribution in [1.29, 1.82) is 0 Å². The zero-order chi connectivity index (χ0) is 11.7. The Labute approximate surface area is 94.7 Å². The predicted molar refractivity (Wildman–Crippen MR) is 64.2 cm³/mol. The molecule has 0 saturated carbocycles. The maximum atomic E-state index is 9.11. The lowest BCUT2D eigenvalue weighted by Gasteiger charge is -2.10. The fourth-order valence-corrected chi connectivity index (χ4v) is 1.96. The number of fused-ring (bicyclic) bond motifs is 1. The molecule has 2 aromatic rings. The van der Waals surface area contributed by atoms with Crippen LogP contribution in [0.1, 0.15) is 24.4 Å². The quantitative estimate of drug-likeness (QED) is 0.819. The van der Waals surface area contributed by atoms with E-state index < -0.39 is 6.04 Å². The summed E-state index contributed by atoms with van der Waals surface area (Å²) in [5.74, 6) is 0.755. The molecule has 2 rings (SSSR count). The molecule has 1 aromatic carbocycles. The van der Waals surface area contributed by atoms with Crippen LogP contribution in [0.25, 0.3) is 11.0 Å². The number of nitrogens with zero attached hydrogens (tertiary/aromatic N) is 2. The summed E-state index contributed by atoms with van der Waals surface area (Å²) in [6.45, 7) is 4.82. The first-order valence-corrected chi connectivity index (χ1v) is 5.50. The van der Waals surface area contributed by atoms with Crippen LogP contribution in [-0.4, -0.2) is 21.3 Å². The molecule has 0 fully saturated rings. The summed E-state index contributed by atoms with van der Waals surface area (Å²) in [4.78, 5) is 4.49. The molecule has 0 aliphatic carbocycles. The molecule has 1 atom stereocenters. The summed E-state index contributed by atoms with van der Waals surface area (Å²) < 4.78 is 2.05. The standard InChI is InChI=1S/C12H17N3O/c1-3-15-11-5-4-8(2)6-10(11)14-12(15)9(13)7-16/h4-6,9,16H,3,7,13H2,1-2H3. The highest BCUT2D eigenvalue weighted by Crippen LogP contribution is 2.20. The van der Waals surface area contributed by atoms with Crippen LogP contribution in [0.2, 0.25) is 0 Å². The average Bonchev–Trinajstić information content (AvgIpc) is 2.65. The molecule has 4 nitrogen and oxygen atoms in total. The number of aromatic nitrogens is 2. The number of aliphatic hydroxyl groups excluding tert-OH is 1. The van der Waals surface area contributed by atoms with Gasteiger partial charge in [0.25, 0.3) is 0 Å². The topological polar surface area (TPSA) is 64.1 Å². The van der Waals surface area contributed by atoms with Crippen LogP contribution in [0.3, 0.4) is 0 Å². The summed E-state index contributed by atoms with van der Waals surface area (Å²) in [6.07, 6.45) is 0. The second-order valence-electron chi connectivity index (χ2n) is 4.00. The number of aliphatic hydroxyl groups is 1. The average molecular weight is 219 g/mol. The minimum atomic E-state index is -0.410. The van der Waals surface area contributed by atoms with Gasteiger partial charge in [-0.05, 0) is 31.5 Å². The van der Waals surface area contributed by atoms with E-state index in [1.165, 1.54) is 5.56 Å². The molecule has 0 bridgehead atoms. The first-order valence-electron chi connectivity index (χ1n) is 5.50. The van der Waals surface area contributed by atoms with E-state index in [2.05, 4.69) is 28.6 Å². The molecular formula is C12H17N3O. The number of nitrogens with two attached hydrogens (primary N) is 1.